The van der Waals surface area contributed by atoms with Crippen LogP contribution < -0.4 is 15.4 Å². The van der Waals surface area contributed by atoms with E-state index < -0.39 is 24.5 Å². The van der Waals surface area contributed by atoms with Gasteiger partial charge in [-0.1, -0.05) is 18.2 Å². The lowest BCUT2D eigenvalue weighted by molar-refractivity contribution is -0.148. The molecule has 0 spiro atoms. The third-order valence-electron chi connectivity index (χ3n) is 2.69. The zero-order valence-electron chi connectivity index (χ0n) is 13.5. The molecule has 0 saturated heterocycles. The van der Waals surface area contributed by atoms with Crippen LogP contribution in [0.15, 0.2) is 24.3 Å². The van der Waals surface area contributed by atoms with E-state index in [2.05, 4.69) is 10.6 Å². The molecule has 0 aliphatic carbocycles. The second-order valence-corrected chi connectivity index (χ2v) is 5.20. The van der Waals surface area contributed by atoms with Crippen molar-refractivity contribution in [1.82, 2.24) is 10.6 Å². The molecule has 126 valence electrons. The zero-order valence-corrected chi connectivity index (χ0v) is 13.5. The summed E-state index contributed by atoms with van der Waals surface area (Å²) in [7, 11) is 0. The number of hydrogen-bond donors (Lipinski definition) is 2. The van der Waals surface area contributed by atoms with Crippen molar-refractivity contribution in [2.24, 2.45) is 0 Å². The number of benzene rings is 1. The first kappa shape index (κ1) is 18.5. The van der Waals surface area contributed by atoms with E-state index in [1.165, 1.54) is 0 Å². The molecule has 0 aliphatic rings. The Balaban J connectivity index is 2.20. The summed E-state index contributed by atoms with van der Waals surface area (Å²) in [6.07, 6.45) is 0.0137. The van der Waals surface area contributed by atoms with Crippen molar-refractivity contribution in [1.29, 1.82) is 0 Å². The van der Waals surface area contributed by atoms with Gasteiger partial charge in [0.2, 0.25) is 0 Å². The van der Waals surface area contributed by atoms with Crippen molar-refractivity contribution < 1.29 is 23.9 Å². The number of para-hydroxylation sites is 1. The first-order valence-corrected chi connectivity index (χ1v) is 7.33. The minimum Gasteiger partial charge on any atom is -0.493 e. The minimum absolute atomic E-state index is 0.0137. The summed E-state index contributed by atoms with van der Waals surface area (Å²) < 4.78 is 10.2. The van der Waals surface area contributed by atoms with Gasteiger partial charge in [0.05, 0.1) is 13.0 Å². The van der Waals surface area contributed by atoms with Gasteiger partial charge < -0.3 is 14.8 Å². The number of carbonyl (C=O) groups excluding carboxylic acids is 3. The summed E-state index contributed by atoms with van der Waals surface area (Å²) in [4.78, 5) is 34.2. The fourth-order valence-corrected chi connectivity index (χ4v) is 1.64. The van der Waals surface area contributed by atoms with Gasteiger partial charge >= 0.3 is 12.0 Å². The van der Waals surface area contributed by atoms with Gasteiger partial charge in [0, 0.05) is 6.04 Å². The van der Waals surface area contributed by atoms with Crippen molar-refractivity contribution >= 4 is 17.9 Å². The Morgan fingerprint density at radius 1 is 1.17 bits per heavy atom. The lowest BCUT2D eigenvalue weighted by Crippen LogP contribution is -2.44. The molecule has 0 bridgehead atoms. The molecule has 1 aromatic carbocycles. The first-order valence-electron chi connectivity index (χ1n) is 7.33. The maximum Gasteiger partial charge on any atom is 0.321 e. The Bertz CT molecular complexity index is 557. The molecule has 7 nitrogen and oxygen atoms in total. The second kappa shape index (κ2) is 9.45. The molecule has 0 atom stereocenters. The molecule has 0 heterocycles. The predicted molar refractivity (Wildman–Crippen MR) is 84.1 cm³/mol. The molecule has 0 unspecified atom stereocenters. The average Bonchev–Trinajstić information content (AvgIpc) is 2.46. The third kappa shape index (κ3) is 7.85. The molecule has 1 rings (SSSR count). The second-order valence-electron chi connectivity index (χ2n) is 5.20. The third-order valence-corrected chi connectivity index (χ3v) is 2.69. The highest BCUT2D eigenvalue weighted by Gasteiger charge is 2.11. The maximum atomic E-state index is 11.5. The maximum absolute atomic E-state index is 11.5. The molecule has 0 aromatic heterocycles. The van der Waals surface area contributed by atoms with Crippen LogP contribution in [0.25, 0.3) is 0 Å². The minimum atomic E-state index is -0.684. The van der Waals surface area contributed by atoms with Crippen LogP contribution in [0.5, 0.6) is 5.75 Å². The van der Waals surface area contributed by atoms with Crippen LogP contribution in [-0.2, 0) is 14.3 Å². The van der Waals surface area contributed by atoms with Crippen LogP contribution in [0.2, 0.25) is 0 Å². The molecule has 7 heteroatoms. The van der Waals surface area contributed by atoms with Gasteiger partial charge in [0.1, 0.15) is 5.75 Å². The van der Waals surface area contributed by atoms with E-state index in [9.17, 15) is 14.4 Å². The molecule has 3 amide bonds. The monoisotopic (exact) mass is 322 g/mol. The first-order chi connectivity index (χ1) is 10.9. The Morgan fingerprint density at radius 3 is 2.52 bits per heavy atom. The Kier molecular flexibility index (Phi) is 7.59. The summed E-state index contributed by atoms with van der Waals surface area (Å²) in [6, 6.07) is 6.73. The number of urea groups is 1. The average molecular weight is 322 g/mol. The van der Waals surface area contributed by atoms with Gasteiger partial charge in [-0.25, -0.2) is 4.79 Å². The van der Waals surface area contributed by atoms with Crippen molar-refractivity contribution in [2.45, 2.75) is 33.2 Å². The van der Waals surface area contributed by atoms with Crippen LogP contribution in [0, 0.1) is 6.92 Å². The number of esters is 1. The number of rotatable bonds is 7. The normalized spacial score (nSPS) is 10.1. The molecule has 0 aliphatic heterocycles. The smallest absolute Gasteiger partial charge is 0.321 e. The summed E-state index contributed by atoms with van der Waals surface area (Å²) in [6.45, 7) is 5.07. The zero-order chi connectivity index (χ0) is 17.2. The van der Waals surface area contributed by atoms with E-state index in [-0.39, 0.29) is 19.1 Å². The van der Waals surface area contributed by atoms with Crippen LogP contribution >= 0.6 is 0 Å². The quantitative estimate of drug-likeness (QED) is 0.743. The Labute approximate surface area is 135 Å². The number of hydrogen-bond acceptors (Lipinski definition) is 5. The van der Waals surface area contributed by atoms with E-state index in [0.29, 0.717) is 5.75 Å². The Hall–Kier alpha value is -2.57. The summed E-state index contributed by atoms with van der Waals surface area (Å²) in [5, 5.41) is 4.55. The lowest BCUT2D eigenvalue weighted by atomic mass is 10.2. The van der Waals surface area contributed by atoms with Crippen LogP contribution in [0.3, 0.4) is 0 Å². The Morgan fingerprint density at radius 2 is 1.87 bits per heavy atom. The van der Waals surface area contributed by atoms with Gasteiger partial charge in [-0.2, -0.15) is 0 Å². The van der Waals surface area contributed by atoms with Gasteiger partial charge in [-0.3, -0.25) is 14.9 Å². The summed E-state index contributed by atoms with van der Waals surface area (Å²) in [5.74, 6) is -0.558. The highest BCUT2D eigenvalue weighted by atomic mass is 16.5. The number of imide groups is 1. The number of amides is 3. The highest BCUT2D eigenvalue weighted by Crippen LogP contribution is 2.16. The van der Waals surface area contributed by atoms with Crippen molar-refractivity contribution in [3.63, 3.8) is 0 Å². The van der Waals surface area contributed by atoms with Crippen molar-refractivity contribution in [2.75, 3.05) is 13.2 Å². The van der Waals surface area contributed by atoms with Crippen molar-refractivity contribution in [3.05, 3.63) is 29.8 Å². The van der Waals surface area contributed by atoms with E-state index in [4.69, 9.17) is 9.47 Å². The number of carbonyl (C=O) groups is 3. The molecule has 0 fully saturated rings. The van der Waals surface area contributed by atoms with E-state index in [0.717, 1.165) is 5.56 Å². The van der Waals surface area contributed by atoms with Crippen LogP contribution in [0.4, 0.5) is 4.79 Å². The lowest BCUT2D eigenvalue weighted by Gasteiger charge is -2.10. The predicted octanol–water partition coefficient (Wildman–Crippen LogP) is 1.54. The molecule has 23 heavy (non-hydrogen) atoms. The van der Waals surface area contributed by atoms with Crippen molar-refractivity contribution in [3.8, 4) is 5.75 Å². The standard InChI is InChI=1S/C16H22N2O5/c1-11(2)17-16(21)18-14(19)10-23-15(20)8-9-22-13-7-5-4-6-12(13)3/h4-7,11H,8-10H2,1-3H3,(H2,17,18,19,21). The fraction of sp³-hybridized carbons (Fsp3) is 0.438. The van der Waals surface area contributed by atoms with Gasteiger partial charge in [0.25, 0.3) is 5.91 Å². The van der Waals surface area contributed by atoms with Gasteiger partial charge in [-0.15, -0.1) is 0 Å². The van der Waals surface area contributed by atoms with Crippen LogP contribution in [0.1, 0.15) is 25.8 Å². The van der Waals surface area contributed by atoms with E-state index in [1.54, 1.807) is 19.9 Å². The van der Waals surface area contributed by atoms with Crippen LogP contribution in [-0.4, -0.2) is 37.2 Å². The molecule has 1 aromatic rings. The SMILES string of the molecule is Cc1ccccc1OCCC(=O)OCC(=O)NC(=O)NC(C)C. The summed E-state index contributed by atoms with van der Waals surface area (Å²) in [5.41, 5.74) is 0.969. The molecular weight excluding hydrogens is 300 g/mol. The van der Waals surface area contributed by atoms with E-state index in [1.807, 2.05) is 25.1 Å². The highest BCUT2D eigenvalue weighted by molar-refractivity contribution is 5.95. The molecule has 0 radical (unpaired) electrons. The largest absolute Gasteiger partial charge is 0.493 e. The van der Waals surface area contributed by atoms with Gasteiger partial charge in [-0.05, 0) is 32.4 Å². The number of ether oxygens (including phenoxy) is 2. The summed E-state index contributed by atoms with van der Waals surface area (Å²) >= 11 is 0. The van der Waals surface area contributed by atoms with Gasteiger partial charge in [0.15, 0.2) is 6.61 Å². The molecular formula is C16H22N2O5. The molecule has 0 saturated carbocycles. The number of aryl methyl sites for hydroxylation is 1. The topological polar surface area (TPSA) is 93.7 Å². The molecule has 2 N–H and O–H groups in total. The van der Waals surface area contributed by atoms with E-state index >= 15 is 0 Å². The number of nitrogens with one attached hydrogen (secondary N) is 2. The fourth-order valence-electron chi connectivity index (χ4n) is 1.64.